The van der Waals surface area contributed by atoms with Gasteiger partial charge in [0, 0.05) is 11.8 Å². The van der Waals surface area contributed by atoms with Gasteiger partial charge in [0.05, 0.1) is 6.20 Å². The second-order valence-electron chi connectivity index (χ2n) is 4.37. The molecule has 2 heterocycles. The molecule has 4 nitrogen and oxygen atoms in total. The zero-order chi connectivity index (χ0) is 13.8. The van der Waals surface area contributed by atoms with Crippen LogP contribution < -0.4 is 4.74 Å². The van der Waals surface area contributed by atoms with Crippen LogP contribution in [0.1, 0.15) is 11.5 Å². The van der Waals surface area contributed by atoms with Gasteiger partial charge in [0.25, 0.3) is 0 Å². The largest absolute Gasteiger partial charge is 0.486 e. The Morgan fingerprint density at radius 2 is 1.95 bits per heavy atom. The summed E-state index contributed by atoms with van der Waals surface area (Å²) >= 11 is 0. The van der Waals surface area contributed by atoms with Crippen molar-refractivity contribution in [3.8, 4) is 17.2 Å². The number of benzene rings is 1. The van der Waals surface area contributed by atoms with E-state index in [2.05, 4.69) is 9.97 Å². The molecule has 0 amide bonds. The lowest BCUT2D eigenvalue weighted by Gasteiger charge is -2.02. The monoisotopic (exact) mass is 266 g/mol. The third-order valence-electron chi connectivity index (χ3n) is 2.92. The Morgan fingerprint density at radius 1 is 1.10 bits per heavy atom. The number of pyridine rings is 1. The van der Waals surface area contributed by atoms with Crippen LogP contribution in [0.3, 0.4) is 0 Å². The number of ether oxygens (including phenoxy) is 1. The maximum atomic E-state index is 5.68. The average Bonchev–Trinajstić information content (AvgIpc) is 2.88. The van der Waals surface area contributed by atoms with E-state index in [4.69, 9.17) is 9.15 Å². The molecule has 0 aliphatic rings. The van der Waals surface area contributed by atoms with Crippen molar-refractivity contribution in [3.63, 3.8) is 0 Å². The first-order chi connectivity index (χ1) is 9.83. The predicted molar refractivity (Wildman–Crippen MR) is 75.2 cm³/mol. The maximum Gasteiger partial charge on any atom is 0.226 e. The Hall–Kier alpha value is -2.62. The van der Waals surface area contributed by atoms with Crippen molar-refractivity contribution in [2.24, 2.45) is 0 Å². The summed E-state index contributed by atoms with van der Waals surface area (Å²) in [6.07, 6.45) is 3.38. The van der Waals surface area contributed by atoms with Crippen molar-refractivity contribution in [2.75, 3.05) is 0 Å². The Balaban J connectivity index is 1.76. The highest BCUT2D eigenvalue weighted by molar-refractivity contribution is 5.53. The second kappa shape index (κ2) is 5.57. The van der Waals surface area contributed by atoms with Gasteiger partial charge in [-0.3, -0.25) is 4.98 Å². The van der Waals surface area contributed by atoms with Crippen LogP contribution in [0.25, 0.3) is 11.5 Å². The number of oxazole rings is 1. The van der Waals surface area contributed by atoms with E-state index in [1.165, 1.54) is 0 Å². The zero-order valence-corrected chi connectivity index (χ0v) is 11.1. The minimum Gasteiger partial charge on any atom is -0.486 e. The third kappa shape index (κ3) is 2.69. The predicted octanol–water partition coefficient (Wildman–Crippen LogP) is 3.62. The van der Waals surface area contributed by atoms with E-state index >= 15 is 0 Å². The van der Waals surface area contributed by atoms with Gasteiger partial charge >= 0.3 is 0 Å². The van der Waals surface area contributed by atoms with E-state index in [9.17, 15) is 0 Å². The highest BCUT2D eigenvalue weighted by Crippen LogP contribution is 2.22. The molecular weight excluding hydrogens is 252 g/mol. The van der Waals surface area contributed by atoms with Crippen LogP contribution in [0.5, 0.6) is 5.75 Å². The van der Waals surface area contributed by atoms with Crippen molar-refractivity contribution in [2.45, 2.75) is 13.5 Å². The van der Waals surface area contributed by atoms with Gasteiger partial charge in [-0.15, -0.1) is 0 Å². The molecule has 0 saturated heterocycles. The number of aromatic nitrogens is 2. The van der Waals surface area contributed by atoms with Gasteiger partial charge in [0.1, 0.15) is 23.8 Å². The number of hydrogen-bond donors (Lipinski definition) is 0. The van der Waals surface area contributed by atoms with Gasteiger partial charge in [-0.05, 0) is 31.2 Å². The third-order valence-corrected chi connectivity index (χ3v) is 2.92. The fourth-order valence-corrected chi connectivity index (χ4v) is 1.85. The Bertz CT molecular complexity index is 678. The first kappa shape index (κ1) is 12.4. The molecule has 3 rings (SSSR count). The standard InChI is InChI=1S/C16H14N2O2/c1-12-15(11-19-14-8-5-9-17-10-14)18-16(20-12)13-6-3-2-4-7-13/h2-10H,11H2,1H3. The van der Waals surface area contributed by atoms with E-state index in [0.29, 0.717) is 12.5 Å². The van der Waals surface area contributed by atoms with Gasteiger partial charge in [0.2, 0.25) is 5.89 Å². The lowest BCUT2D eigenvalue weighted by atomic mass is 10.2. The molecule has 3 aromatic rings. The van der Waals surface area contributed by atoms with Gasteiger partial charge in [0.15, 0.2) is 0 Å². The maximum absolute atomic E-state index is 5.68. The highest BCUT2D eigenvalue weighted by Gasteiger charge is 2.11. The summed E-state index contributed by atoms with van der Waals surface area (Å²) < 4.78 is 11.3. The van der Waals surface area contributed by atoms with Crippen molar-refractivity contribution in [1.29, 1.82) is 0 Å². The van der Waals surface area contributed by atoms with Crippen LogP contribution in [0.15, 0.2) is 59.3 Å². The summed E-state index contributed by atoms with van der Waals surface area (Å²) in [5, 5.41) is 0. The summed E-state index contributed by atoms with van der Waals surface area (Å²) in [7, 11) is 0. The number of nitrogens with zero attached hydrogens (tertiary/aromatic N) is 2. The number of rotatable bonds is 4. The van der Waals surface area contributed by atoms with Crippen LogP contribution in [-0.4, -0.2) is 9.97 Å². The van der Waals surface area contributed by atoms with E-state index in [1.54, 1.807) is 12.4 Å². The molecule has 100 valence electrons. The molecule has 0 unspecified atom stereocenters. The summed E-state index contributed by atoms with van der Waals surface area (Å²) in [4.78, 5) is 8.49. The first-order valence-electron chi connectivity index (χ1n) is 6.37. The van der Waals surface area contributed by atoms with Gasteiger partial charge in [-0.1, -0.05) is 18.2 Å². The average molecular weight is 266 g/mol. The molecule has 20 heavy (non-hydrogen) atoms. The lowest BCUT2D eigenvalue weighted by molar-refractivity contribution is 0.298. The first-order valence-corrected chi connectivity index (χ1v) is 6.37. The summed E-state index contributed by atoms with van der Waals surface area (Å²) in [6, 6.07) is 13.5. The van der Waals surface area contributed by atoms with Crippen LogP contribution in [0.2, 0.25) is 0 Å². The molecule has 0 fully saturated rings. The molecule has 0 spiro atoms. The van der Waals surface area contributed by atoms with E-state index in [1.807, 2.05) is 49.4 Å². The van der Waals surface area contributed by atoms with E-state index < -0.39 is 0 Å². The van der Waals surface area contributed by atoms with Crippen molar-refractivity contribution < 1.29 is 9.15 Å². The van der Waals surface area contributed by atoms with E-state index in [-0.39, 0.29) is 0 Å². The van der Waals surface area contributed by atoms with Gasteiger partial charge in [-0.25, -0.2) is 4.98 Å². The molecule has 2 aromatic heterocycles. The molecule has 0 aliphatic carbocycles. The molecule has 0 atom stereocenters. The molecule has 0 radical (unpaired) electrons. The second-order valence-corrected chi connectivity index (χ2v) is 4.37. The summed E-state index contributed by atoms with van der Waals surface area (Å²) in [6.45, 7) is 2.26. The Kier molecular flexibility index (Phi) is 3.46. The topological polar surface area (TPSA) is 48.2 Å². The zero-order valence-electron chi connectivity index (χ0n) is 11.1. The normalized spacial score (nSPS) is 10.4. The number of hydrogen-bond acceptors (Lipinski definition) is 4. The van der Waals surface area contributed by atoms with Crippen LogP contribution in [-0.2, 0) is 6.61 Å². The molecule has 0 aliphatic heterocycles. The van der Waals surface area contributed by atoms with Crippen molar-refractivity contribution in [3.05, 3.63) is 66.3 Å². The van der Waals surface area contributed by atoms with Crippen molar-refractivity contribution >= 4 is 0 Å². The SMILES string of the molecule is Cc1oc(-c2ccccc2)nc1COc1cccnc1. The fraction of sp³-hybridized carbons (Fsp3) is 0.125. The molecule has 1 aromatic carbocycles. The van der Waals surface area contributed by atoms with Crippen LogP contribution in [0.4, 0.5) is 0 Å². The highest BCUT2D eigenvalue weighted by atomic mass is 16.5. The van der Waals surface area contributed by atoms with Crippen molar-refractivity contribution in [1.82, 2.24) is 9.97 Å². The quantitative estimate of drug-likeness (QED) is 0.723. The minimum atomic E-state index is 0.369. The van der Waals surface area contributed by atoms with Crippen LogP contribution in [0, 0.1) is 6.92 Å². The van der Waals surface area contributed by atoms with Gasteiger partial charge < -0.3 is 9.15 Å². The molecule has 0 N–H and O–H groups in total. The van der Waals surface area contributed by atoms with E-state index in [0.717, 1.165) is 22.8 Å². The minimum absolute atomic E-state index is 0.369. The molecular formula is C16H14N2O2. The molecule has 0 saturated carbocycles. The smallest absolute Gasteiger partial charge is 0.226 e. The fourth-order valence-electron chi connectivity index (χ4n) is 1.85. The molecule has 0 bridgehead atoms. The lowest BCUT2D eigenvalue weighted by Crippen LogP contribution is -1.97. The Morgan fingerprint density at radius 3 is 2.70 bits per heavy atom. The number of aryl methyl sites for hydroxylation is 1. The van der Waals surface area contributed by atoms with Gasteiger partial charge in [-0.2, -0.15) is 0 Å². The molecule has 4 heteroatoms. The summed E-state index contributed by atoms with van der Waals surface area (Å²) in [5.41, 5.74) is 1.76. The Labute approximate surface area is 117 Å². The van der Waals surface area contributed by atoms with Crippen LogP contribution >= 0.6 is 0 Å². The summed E-state index contributed by atoms with van der Waals surface area (Å²) in [5.74, 6) is 2.11.